The highest BCUT2D eigenvalue weighted by atomic mass is 32.2. The third-order valence-electron chi connectivity index (χ3n) is 2.48. The Morgan fingerprint density at radius 3 is 2.86 bits per heavy atom. The lowest BCUT2D eigenvalue weighted by Crippen LogP contribution is -1.97. The highest BCUT2D eigenvalue weighted by Crippen LogP contribution is 2.30. The maximum atomic E-state index is 2.20. The number of thioether (sulfide) groups is 2. The van der Waals surface area contributed by atoms with Crippen LogP contribution >= 0.6 is 23.5 Å². The van der Waals surface area contributed by atoms with Gasteiger partial charge in [-0.3, -0.25) is 0 Å². The first-order valence-electron chi connectivity index (χ1n) is 5.24. The largest absolute Gasteiger partial charge is 0.159 e. The molecule has 1 unspecified atom stereocenters. The lowest BCUT2D eigenvalue weighted by Gasteiger charge is -2.07. The molecule has 1 aliphatic rings. The zero-order valence-electron chi connectivity index (χ0n) is 8.32. The first-order valence-corrected chi connectivity index (χ1v) is 7.28. The van der Waals surface area contributed by atoms with Gasteiger partial charge in [-0.1, -0.05) is 18.2 Å². The summed E-state index contributed by atoms with van der Waals surface area (Å²) in [7, 11) is 0. The van der Waals surface area contributed by atoms with Crippen LogP contribution in [0.25, 0.3) is 0 Å². The first-order chi connectivity index (χ1) is 6.95. The topological polar surface area (TPSA) is 0 Å². The zero-order chi connectivity index (χ0) is 9.64. The van der Waals surface area contributed by atoms with Crippen LogP contribution in [0.3, 0.4) is 0 Å². The average molecular weight is 224 g/mol. The van der Waals surface area contributed by atoms with E-state index in [4.69, 9.17) is 0 Å². The standard InChI is InChI=1S/C12H16S2/c1-2-5-11(6-3-1)14-10-8-12-7-4-9-13-12/h1-3,5-6,12H,4,7-10H2. The van der Waals surface area contributed by atoms with Crippen LogP contribution in [0.1, 0.15) is 19.3 Å². The summed E-state index contributed by atoms with van der Waals surface area (Å²) in [6, 6.07) is 10.7. The first kappa shape index (κ1) is 10.4. The van der Waals surface area contributed by atoms with E-state index in [0.717, 1.165) is 5.25 Å². The fraction of sp³-hybridized carbons (Fsp3) is 0.500. The SMILES string of the molecule is c1ccc(SCCC2CCCS2)cc1. The lowest BCUT2D eigenvalue weighted by molar-refractivity contribution is 0.765. The van der Waals surface area contributed by atoms with Crippen LogP contribution in [0.2, 0.25) is 0 Å². The van der Waals surface area contributed by atoms with Gasteiger partial charge in [-0.05, 0) is 42.9 Å². The molecule has 76 valence electrons. The molecule has 0 saturated carbocycles. The van der Waals surface area contributed by atoms with Gasteiger partial charge in [0.15, 0.2) is 0 Å². The molecule has 0 bridgehead atoms. The number of hydrogen-bond acceptors (Lipinski definition) is 2. The van der Waals surface area contributed by atoms with E-state index in [1.165, 1.54) is 35.7 Å². The summed E-state index contributed by atoms with van der Waals surface area (Å²) in [6.45, 7) is 0. The number of rotatable bonds is 4. The van der Waals surface area contributed by atoms with Gasteiger partial charge in [-0.25, -0.2) is 0 Å². The second-order valence-electron chi connectivity index (χ2n) is 3.59. The van der Waals surface area contributed by atoms with Crippen molar-refractivity contribution in [3.63, 3.8) is 0 Å². The van der Waals surface area contributed by atoms with E-state index < -0.39 is 0 Å². The van der Waals surface area contributed by atoms with Gasteiger partial charge in [0, 0.05) is 10.1 Å². The Bertz CT molecular complexity index is 252. The minimum absolute atomic E-state index is 0.950. The summed E-state index contributed by atoms with van der Waals surface area (Å²) < 4.78 is 0. The van der Waals surface area contributed by atoms with Crippen molar-refractivity contribution in [3.05, 3.63) is 30.3 Å². The van der Waals surface area contributed by atoms with E-state index in [1.54, 1.807) is 0 Å². The van der Waals surface area contributed by atoms with E-state index in [2.05, 4.69) is 42.1 Å². The van der Waals surface area contributed by atoms with Crippen molar-refractivity contribution in [2.45, 2.75) is 29.4 Å². The molecule has 0 aliphatic carbocycles. The average Bonchev–Trinajstić information content (AvgIpc) is 2.72. The maximum absolute atomic E-state index is 2.20. The lowest BCUT2D eigenvalue weighted by atomic mass is 10.2. The predicted octanol–water partition coefficient (Wildman–Crippen LogP) is 4.06. The van der Waals surface area contributed by atoms with Gasteiger partial charge in [0.25, 0.3) is 0 Å². The van der Waals surface area contributed by atoms with Crippen LogP contribution in [0, 0.1) is 0 Å². The molecule has 2 heteroatoms. The quantitative estimate of drug-likeness (QED) is 0.707. The molecule has 1 aromatic carbocycles. The Balaban J connectivity index is 1.67. The predicted molar refractivity (Wildman–Crippen MR) is 67.3 cm³/mol. The molecule has 0 N–H and O–H groups in total. The molecule has 1 saturated heterocycles. The van der Waals surface area contributed by atoms with Crippen molar-refractivity contribution in [2.24, 2.45) is 0 Å². The fourth-order valence-electron chi connectivity index (χ4n) is 1.70. The molecule has 0 aromatic heterocycles. The Morgan fingerprint density at radius 2 is 2.14 bits per heavy atom. The van der Waals surface area contributed by atoms with Gasteiger partial charge < -0.3 is 0 Å². The van der Waals surface area contributed by atoms with Crippen molar-refractivity contribution >= 4 is 23.5 Å². The van der Waals surface area contributed by atoms with E-state index in [-0.39, 0.29) is 0 Å². The van der Waals surface area contributed by atoms with Crippen molar-refractivity contribution in [1.29, 1.82) is 0 Å². The molecule has 2 rings (SSSR count). The monoisotopic (exact) mass is 224 g/mol. The van der Waals surface area contributed by atoms with Crippen molar-refractivity contribution in [2.75, 3.05) is 11.5 Å². The third-order valence-corrected chi connectivity index (χ3v) is 4.99. The summed E-state index contributed by atoms with van der Waals surface area (Å²) >= 11 is 4.16. The van der Waals surface area contributed by atoms with E-state index in [9.17, 15) is 0 Å². The Labute approximate surface area is 94.9 Å². The number of benzene rings is 1. The highest BCUT2D eigenvalue weighted by molar-refractivity contribution is 8.00. The van der Waals surface area contributed by atoms with Crippen LogP contribution in [0.4, 0.5) is 0 Å². The normalized spacial score (nSPS) is 21.3. The zero-order valence-corrected chi connectivity index (χ0v) is 9.95. The van der Waals surface area contributed by atoms with Crippen LogP contribution in [0.5, 0.6) is 0 Å². The summed E-state index contributed by atoms with van der Waals surface area (Å²) in [5.41, 5.74) is 0. The molecular weight excluding hydrogens is 208 g/mol. The Kier molecular flexibility index (Phi) is 4.26. The molecule has 0 spiro atoms. The number of hydrogen-bond donors (Lipinski definition) is 0. The highest BCUT2D eigenvalue weighted by Gasteiger charge is 2.14. The van der Waals surface area contributed by atoms with Gasteiger partial charge >= 0.3 is 0 Å². The minimum Gasteiger partial charge on any atom is -0.159 e. The Morgan fingerprint density at radius 1 is 1.29 bits per heavy atom. The maximum Gasteiger partial charge on any atom is 0.00719 e. The molecule has 1 aliphatic heterocycles. The van der Waals surface area contributed by atoms with Crippen molar-refractivity contribution in [1.82, 2.24) is 0 Å². The third kappa shape index (κ3) is 3.25. The van der Waals surface area contributed by atoms with Crippen LogP contribution in [-0.4, -0.2) is 16.8 Å². The fourth-order valence-corrected chi connectivity index (χ4v) is 4.12. The van der Waals surface area contributed by atoms with Crippen molar-refractivity contribution < 1.29 is 0 Å². The van der Waals surface area contributed by atoms with E-state index in [0.29, 0.717) is 0 Å². The van der Waals surface area contributed by atoms with Gasteiger partial charge in [-0.2, -0.15) is 11.8 Å². The molecule has 1 aromatic rings. The smallest absolute Gasteiger partial charge is 0.00719 e. The molecule has 14 heavy (non-hydrogen) atoms. The van der Waals surface area contributed by atoms with Gasteiger partial charge in [0.2, 0.25) is 0 Å². The second kappa shape index (κ2) is 5.72. The molecule has 0 radical (unpaired) electrons. The van der Waals surface area contributed by atoms with Gasteiger partial charge in [-0.15, -0.1) is 11.8 Å². The van der Waals surface area contributed by atoms with Crippen LogP contribution < -0.4 is 0 Å². The Hall–Kier alpha value is -0.0800. The second-order valence-corrected chi connectivity index (χ2v) is 6.16. The molecule has 1 atom stereocenters. The minimum atomic E-state index is 0.950. The summed E-state index contributed by atoms with van der Waals surface area (Å²) in [6.07, 6.45) is 4.26. The van der Waals surface area contributed by atoms with Crippen molar-refractivity contribution in [3.8, 4) is 0 Å². The molecular formula is C12H16S2. The summed E-state index contributed by atoms with van der Waals surface area (Å²) in [5.74, 6) is 2.67. The van der Waals surface area contributed by atoms with E-state index in [1.807, 2.05) is 11.8 Å². The molecule has 0 amide bonds. The van der Waals surface area contributed by atoms with E-state index >= 15 is 0 Å². The van der Waals surface area contributed by atoms with Crippen LogP contribution in [0.15, 0.2) is 35.2 Å². The van der Waals surface area contributed by atoms with Gasteiger partial charge in [0.1, 0.15) is 0 Å². The van der Waals surface area contributed by atoms with Gasteiger partial charge in [0.05, 0.1) is 0 Å². The summed E-state index contributed by atoms with van der Waals surface area (Å²) in [5, 5.41) is 0.950. The molecule has 1 fully saturated rings. The molecule has 0 nitrogen and oxygen atoms in total. The molecule has 1 heterocycles. The summed E-state index contributed by atoms with van der Waals surface area (Å²) in [4.78, 5) is 1.41. The van der Waals surface area contributed by atoms with Crippen LogP contribution in [-0.2, 0) is 0 Å².